The van der Waals surface area contributed by atoms with Gasteiger partial charge in [0.15, 0.2) is 11.3 Å². The van der Waals surface area contributed by atoms with Gasteiger partial charge in [-0.3, -0.25) is 0 Å². The van der Waals surface area contributed by atoms with Crippen molar-refractivity contribution in [1.82, 2.24) is 10.1 Å². The molecule has 0 saturated heterocycles. The second-order valence-corrected chi connectivity index (χ2v) is 3.31. The van der Waals surface area contributed by atoms with E-state index in [0.29, 0.717) is 5.01 Å². The number of aromatic nitrogens is 2. The quantitative estimate of drug-likeness (QED) is 0.770. The van der Waals surface area contributed by atoms with Gasteiger partial charge < -0.3 is 15.4 Å². The van der Waals surface area contributed by atoms with Crippen molar-refractivity contribution in [3.8, 4) is 10.7 Å². The van der Waals surface area contributed by atoms with Crippen molar-refractivity contribution in [3.63, 3.8) is 0 Å². The number of rotatable bonds is 2. The van der Waals surface area contributed by atoms with Crippen molar-refractivity contribution in [3.05, 3.63) is 17.1 Å². The summed E-state index contributed by atoms with van der Waals surface area (Å²) in [5.41, 5.74) is 5.35. The fraction of sp³-hybridized carbons (Fsp3) is 0. The predicted molar refractivity (Wildman–Crippen MR) is 49.0 cm³/mol. The van der Waals surface area contributed by atoms with Gasteiger partial charge in [-0.25, -0.2) is 9.78 Å². The molecule has 6 nitrogen and oxygen atoms in total. The Labute approximate surface area is 82.0 Å². The second kappa shape index (κ2) is 3.11. The normalized spacial score (nSPS) is 10.3. The Morgan fingerprint density at radius 1 is 1.64 bits per heavy atom. The lowest BCUT2D eigenvalue weighted by Crippen LogP contribution is -2.00. The van der Waals surface area contributed by atoms with E-state index in [9.17, 15) is 4.79 Å². The highest BCUT2D eigenvalue weighted by Gasteiger charge is 2.23. The Bertz CT molecular complexity index is 462. The summed E-state index contributed by atoms with van der Waals surface area (Å²) in [6.07, 6.45) is 1.55. The summed E-state index contributed by atoms with van der Waals surface area (Å²) >= 11 is 1.27. The lowest BCUT2D eigenvalue weighted by atomic mass is 10.2. The highest BCUT2D eigenvalue weighted by molar-refractivity contribution is 7.13. The van der Waals surface area contributed by atoms with Gasteiger partial charge in [0.2, 0.25) is 5.88 Å². The number of thiazole rings is 1. The average molecular weight is 211 g/mol. The third-order valence-corrected chi connectivity index (χ3v) is 2.35. The maximum atomic E-state index is 10.8. The summed E-state index contributed by atoms with van der Waals surface area (Å²) in [5, 5.41) is 14.6. The van der Waals surface area contributed by atoms with Crippen LogP contribution in [0.2, 0.25) is 0 Å². The zero-order valence-electron chi connectivity index (χ0n) is 6.80. The highest BCUT2D eigenvalue weighted by Crippen LogP contribution is 2.28. The molecule has 0 unspecified atom stereocenters. The topological polar surface area (TPSA) is 102 Å². The van der Waals surface area contributed by atoms with E-state index in [1.54, 1.807) is 11.6 Å². The predicted octanol–water partition coefficient (Wildman–Crippen LogP) is 1.08. The number of nitrogens with zero attached hydrogens (tertiary/aromatic N) is 2. The Morgan fingerprint density at radius 3 is 3.00 bits per heavy atom. The number of nitrogens with two attached hydrogens (primary N) is 1. The van der Waals surface area contributed by atoms with E-state index in [0.717, 1.165) is 0 Å². The monoisotopic (exact) mass is 211 g/mol. The third-order valence-electron chi connectivity index (χ3n) is 1.57. The van der Waals surface area contributed by atoms with Gasteiger partial charge in [-0.15, -0.1) is 11.3 Å². The van der Waals surface area contributed by atoms with Gasteiger partial charge in [0.1, 0.15) is 5.01 Å². The fourth-order valence-electron chi connectivity index (χ4n) is 0.996. The molecule has 0 saturated carbocycles. The molecular formula is C7H5N3O3S. The first-order chi connectivity index (χ1) is 6.70. The van der Waals surface area contributed by atoms with E-state index in [1.807, 2.05) is 0 Å². The van der Waals surface area contributed by atoms with Crippen molar-refractivity contribution in [1.29, 1.82) is 0 Å². The number of carboxylic acids is 1. The molecule has 0 aliphatic rings. The van der Waals surface area contributed by atoms with Gasteiger partial charge in [0.25, 0.3) is 0 Å². The zero-order chi connectivity index (χ0) is 10.1. The Kier molecular flexibility index (Phi) is 1.93. The Morgan fingerprint density at radius 2 is 2.43 bits per heavy atom. The molecule has 0 bridgehead atoms. The molecule has 0 radical (unpaired) electrons. The largest absolute Gasteiger partial charge is 0.477 e. The van der Waals surface area contributed by atoms with Gasteiger partial charge in [-0.2, -0.15) is 0 Å². The van der Waals surface area contributed by atoms with Gasteiger partial charge in [0.05, 0.1) is 0 Å². The number of hydrogen-bond acceptors (Lipinski definition) is 6. The molecule has 2 heterocycles. The third kappa shape index (κ3) is 1.23. The van der Waals surface area contributed by atoms with Crippen LogP contribution in [0, 0.1) is 0 Å². The summed E-state index contributed by atoms with van der Waals surface area (Å²) in [5.74, 6) is -1.38. The summed E-state index contributed by atoms with van der Waals surface area (Å²) in [7, 11) is 0. The number of aromatic carboxylic acids is 1. The summed E-state index contributed by atoms with van der Waals surface area (Å²) in [4.78, 5) is 14.7. The molecular weight excluding hydrogens is 206 g/mol. The second-order valence-electron chi connectivity index (χ2n) is 2.41. The van der Waals surface area contributed by atoms with Crippen molar-refractivity contribution in [2.45, 2.75) is 0 Å². The molecule has 0 amide bonds. The van der Waals surface area contributed by atoms with Gasteiger partial charge >= 0.3 is 5.97 Å². The Hall–Kier alpha value is -1.89. The molecule has 72 valence electrons. The molecule has 0 aromatic carbocycles. The molecule has 2 rings (SSSR count). The van der Waals surface area contributed by atoms with Crippen LogP contribution in [0.5, 0.6) is 0 Å². The zero-order valence-corrected chi connectivity index (χ0v) is 7.61. The van der Waals surface area contributed by atoms with Crippen LogP contribution < -0.4 is 5.73 Å². The smallest absolute Gasteiger partial charge is 0.343 e. The standard InChI is InChI=1S/C7H5N3O3S/c8-5-3(7(11)12)4(10-13-5)6-9-1-2-14-6/h1-2H,8H2,(H,11,12). The summed E-state index contributed by atoms with van der Waals surface area (Å²) < 4.78 is 4.59. The van der Waals surface area contributed by atoms with Crippen LogP contribution in [0.1, 0.15) is 10.4 Å². The van der Waals surface area contributed by atoms with E-state index in [1.165, 1.54) is 11.3 Å². The van der Waals surface area contributed by atoms with Crippen LogP contribution >= 0.6 is 11.3 Å². The van der Waals surface area contributed by atoms with Crippen LogP contribution in [0.3, 0.4) is 0 Å². The SMILES string of the molecule is Nc1onc(-c2nccs2)c1C(=O)O. The molecule has 7 heteroatoms. The molecule has 3 N–H and O–H groups in total. The van der Waals surface area contributed by atoms with E-state index in [-0.39, 0.29) is 17.1 Å². The van der Waals surface area contributed by atoms with Gasteiger partial charge in [-0.05, 0) is 0 Å². The fourth-order valence-corrected chi connectivity index (χ4v) is 1.62. The van der Waals surface area contributed by atoms with Crippen molar-refractivity contribution >= 4 is 23.2 Å². The molecule has 2 aromatic heterocycles. The first-order valence-corrected chi connectivity index (χ1v) is 4.46. The minimum Gasteiger partial charge on any atom is -0.477 e. The number of carbonyl (C=O) groups is 1. The number of hydrogen-bond donors (Lipinski definition) is 2. The minimum atomic E-state index is -1.17. The van der Waals surface area contributed by atoms with Crippen molar-refractivity contribution < 1.29 is 14.4 Å². The number of carboxylic acid groups (broad SMARTS) is 1. The molecule has 14 heavy (non-hydrogen) atoms. The summed E-state index contributed by atoms with van der Waals surface area (Å²) in [6, 6.07) is 0. The van der Waals surface area contributed by atoms with Crippen LogP contribution in [-0.2, 0) is 0 Å². The van der Waals surface area contributed by atoms with Crippen molar-refractivity contribution in [2.24, 2.45) is 0 Å². The Balaban J connectivity index is 2.60. The maximum Gasteiger partial charge on any atom is 0.343 e. The van der Waals surface area contributed by atoms with Crippen LogP contribution in [0.4, 0.5) is 5.88 Å². The van der Waals surface area contributed by atoms with E-state index < -0.39 is 5.97 Å². The average Bonchev–Trinajstić information content (AvgIpc) is 2.70. The molecule has 0 aliphatic heterocycles. The minimum absolute atomic E-state index is 0.139. The summed E-state index contributed by atoms with van der Waals surface area (Å²) in [6.45, 7) is 0. The van der Waals surface area contributed by atoms with Crippen LogP contribution in [-0.4, -0.2) is 21.2 Å². The first-order valence-electron chi connectivity index (χ1n) is 3.58. The number of nitrogen functional groups attached to an aromatic ring is 1. The lowest BCUT2D eigenvalue weighted by molar-refractivity contribution is 0.0698. The van der Waals surface area contributed by atoms with E-state index in [4.69, 9.17) is 10.8 Å². The number of anilines is 1. The van der Waals surface area contributed by atoms with E-state index >= 15 is 0 Å². The first kappa shape index (κ1) is 8.70. The van der Waals surface area contributed by atoms with Gasteiger partial charge in [0, 0.05) is 11.6 Å². The van der Waals surface area contributed by atoms with E-state index in [2.05, 4.69) is 14.7 Å². The van der Waals surface area contributed by atoms with Crippen molar-refractivity contribution in [2.75, 3.05) is 5.73 Å². The van der Waals surface area contributed by atoms with Crippen LogP contribution in [0.25, 0.3) is 10.7 Å². The van der Waals surface area contributed by atoms with Crippen LogP contribution in [0.15, 0.2) is 16.1 Å². The molecule has 0 fully saturated rings. The highest BCUT2D eigenvalue weighted by atomic mass is 32.1. The molecule has 0 atom stereocenters. The molecule has 0 aliphatic carbocycles. The lowest BCUT2D eigenvalue weighted by Gasteiger charge is -1.91. The van der Waals surface area contributed by atoms with Gasteiger partial charge in [-0.1, -0.05) is 5.16 Å². The molecule has 0 spiro atoms. The maximum absolute atomic E-state index is 10.8. The molecule has 2 aromatic rings.